The molecule has 3 heteroatoms. The van der Waals surface area contributed by atoms with Crippen molar-refractivity contribution in [2.45, 2.75) is 12.8 Å². The van der Waals surface area contributed by atoms with Crippen LogP contribution in [0.3, 0.4) is 0 Å². The minimum absolute atomic E-state index is 0.627. The van der Waals surface area contributed by atoms with Gasteiger partial charge in [-0.1, -0.05) is 0 Å². The van der Waals surface area contributed by atoms with Gasteiger partial charge < -0.3 is 5.32 Å². The molecule has 0 heterocycles. The SMILES string of the molecule is O=C=CCCCNC=O. The molecule has 0 rings (SSSR count). The van der Waals surface area contributed by atoms with Gasteiger partial charge in [-0.2, -0.15) is 0 Å². The largest absolute Gasteiger partial charge is 0.359 e. The molecule has 1 N–H and O–H groups in total. The van der Waals surface area contributed by atoms with E-state index in [0.29, 0.717) is 19.4 Å². The first-order valence-electron chi connectivity index (χ1n) is 2.78. The summed E-state index contributed by atoms with van der Waals surface area (Å²) < 4.78 is 0. The van der Waals surface area contributed by atoms with Crippen LogP contribution in [0.2, 0.25) is 0 Å². The van der Waals surface area contributed by atoms with E-state index in [2.05, 4.69) is 5.32 Å². The number of unbranched alkanes of at least 4 members (excludes halogenated alkanes) is 1. The number of hydrogen-bond donors (Lipinski definition) is 1. The molecular formula is C6H9NO2. The predicted octanol–water partition coefficient (Wildman–Crippen LogP) is -0.0996. The maximum Gasteiger partial charge on any atom is 0.207 e. The highest BCUT2D eigenvalue weighted by molar-refractivity contribution is 5.46. The van der Waals surface area contributed by atoms with Crippen molar-refractivity contribution in [2.75, 3.05) is 6.54 Å². The second-order valence-electron chi connectivity index (χ2n) is 1.54. The fourth-order valence-corrected chi connectivity index (χ4v) is 0.424. The third-order valence-corrected chi connectivity index (χ3v) is 0.836. The molecule has 9 heavy (non-hydrogen) atoms. The highest BCUT2D eigenvalue weighted by Gasteiger charge is 1.80. The van der Waals surface area contributed by atoms with Crippen LogP contribution in [0.5, 0.6) is 0 Å². The minimum atomic E-state index is 0.627. The van der Waals surface area contributed by atoms with E-state index in [9.17, 15) is 9.59 Å². The lowest BCUT2D eigenvalue weighted by atomic mass is 10.3. The van der Waals surface area contributed by atoms with Gasteiger partial charge in [0.2, 0.25) is 6.41 Å². The zero-order valence-corrected chi connectivity index (χ0v) is 5.09. The highest BCUT2D eigenvalue weighted by Crippen LogP contribution is 1.83. The van der Waals surface area contributed by atoms with Crippen LogP contribution in [0, 0.1) is 0 Å². The van der Waals surface area contributed by atoms with Gasteiger partial charge in [0.25, 0.3) is 0 Å². The Labute approximate surface area is 53.7 Å². The fourth-order valence-electron chi connectivity index (χ4n) is 0.424. The highest BCUT2D eigenvalue weighted by atomic mass is 16.1. The summed E-state index contributed by atoms with van der Waals surface area (Å²) in [6.45, 7) is 0.627. The molecule has 0 atom stereocenters. The number of carbonyl (C=O) groups excluding carboxylic acids is 2. The average molecular weight is 127 g/mol. The zero-order valence-electron chi connectivity index (χ0n) is 5.09. The molecule has 0 saturated heterocycles. The van der Waals surface area contributed by atoms with Crippen LogP contribution in [0.25, 0.3) is 0 Å². The molecular weight excluding hydrogens is 118 g/mol. The lowest BCUT2D eigenvalue weighted by molar-refractivity contribution is -0.109. The summed E-state index contributed by atoms with van der Waals surface area (Å²) >= 11 is 0. The molecule has 0 bridgehead atoms. The van der Waals surface area contributed by atoms with Gasteiger partial charge in [0.05, 0.1) is 0 Å². The van der Waals surface area contributed by atoms with E-state index in [4.69, 9.17) is 0 Å². The van der Waals surface area contributed by atoms with E-state index < -0.39 is 0 Å². The normalized spacial score (nSPS) is 7.56. The van der Waals surface area contributed by atoms with E-state index in [0.717, 1.165) is 6.42 Å². The van der Waals surface area contributed by atoms with Gasteiger partial charge in [-0.25, -0.2) is 4.79 Å². The number of carbonyl (C=O) groups is 1. The lowest BCUT2D eigenvalue weighted by Crippen LogP contribution is -2.11. The molecule has 3 nitrogen and oxygen atoms in total. The maximum absolute atomic E-state index is 9.64. The molecule has 0 aromatic rings. The summed E-state index contributed by atoms with van der Waals surface area (Å²) in [5.74, 6) is 1.65. The quantitative estimate of drug-likeness (QED) is 0.318. The molecule has 0 unspecified atom stereocenters. The summed E-state index contributed by atoms with van der Waals surface area (Å²) in [4.78, 5) is 19.2. The zero-order chi connectivity index (χ0) is 6.95. The summed E-state index contributed by atoms with van der Waals surface area (Å²) in [6, 6.07) is 0. The number of hydrogen-bond acceptors (Lipinski definition) is 2. The van der Waals surface area contributed by atoms with Crippen LogP contribution in [-0.4, -0.2) is 18.9 Å². The molecule has 0 aliphatic carbocycles. The van der Waals surface area contributed by atoms with E-state index in [1.165, 1.54) is 6.08 Å². The monoisotopic (exact) mass is 127 g/mol. The molecule has 0 radical (unpaired) electrons. The Morgan fingerprint density at radius 1 is 1.56 bits per heavy atom. The Morgan fingerprint density at radius 2 is 2.33 bits per heavy atom. The fraction of sp³-hybridized carbons (Fsp3) is 0.500. The molecule has 0 aromatic carbocycles. The Morgan fingerprint density at radius 3 is 2.89 bits per heavy atom. The van der Waals surface area contributed by atoms with Crippen molar-refractivity contribution in [1.29, 1.82) is 0 Å². The Hall–Kier alpha value is -1.08. The van der Waals surface area contributed by atoms with E-state index in [1.54, 1.807) is 5.94 Å². The van der Waals surface area contributed by atoms with Gasteiger partial charge in [-0.15, -0.1) is 0 Å². The van der Waals surface area contributed by atoms with Crippen molar-refractivity contribution < 1.29 is 9.59 Å². The smallest absolute Gasteiger partial charge is 0.207 e. The van der Waals surface area contributed by atoms with Crippen molar-refractivity contribution >= 4 is 12.4 Å². The van der Waals surface area contributed by atoms with Crippen LogP contribution in [0.15, 0.2) is 6.08 Å². The van der Waals surface area contributed by atoms with E-state index in [1.807, 2.05) is 0 Å². The number of nitrogens with one attached hydrogen (secondary N) is 1. The molecule has 0 spiro atoms. The predicted molar refractivity (Wildman–Crippen MR) is 33.6 cm³/mol. The van der Waals surface area contributed by atoms with Crippen molar-refractivity contribution in [3.8, 4) is 0 Å². The average Bonchev–Trinajstić information content (AvgIpc) is 1.89. The number of amides is 1. The Balaban J connectivity index is 2.90. The van der Waals surface area contributed by atoms with Crippen molar-refractivity contribution in [3.05, 3.63) is 6.08 Å². The standard InChI is InChI=1S/C6H9NO2/c8-5-3-1-2-4-7-6-9/h3,6H,1-2,4H2,(H,7,9). The Kier molecular flexibility index (Phi) is 6.09. The van der Waals surface area contributed by atoms with Gasteiger partial charge in [0.15, 0.2) is 0 Å². The summed E-state index contributed by atoms with van der Waals surface area (Å²) in [5.41, 5.74) is 0. The van der Waals surface area contributed by atoms with Gasteiger partial charge in [-0.3, -0.25) is 4.79 Å². The lowest BCUT2D eigenvalue weighted by Gasteiger charge is -1.91. The maximum atomic E-state index is 9.64. The topological polar surface area (TPSA) is 46.2 Å². The van der Waals surface area contributed by atoms with Gasteiger partial charge >= 0.3 is 0 Å². The first kappa shape index (κ1) is 7.92. The third kappa shape index (κ3) is 6.92. The molecule has 0 aliphatic heterocycles. The van der Waals surface area contributed by atoms with Gasteiger partial charge in [-0.05, 0) is 18.9 Å². The molecule has 0 saturated carbocycles. The van der Waals surface area contributed by atoms with Crippen LogP contribution in [0.4, 0.5) is 0 Å². The molecule has 1 amide bonds. The third-order valence-electron chi connectivity index (χ3n) is 0.836. The molecule has 0 aromatic heterocycles. The first-order chi connectivity index (χ1) is 4.41. The molecule has 0 aliphatic rings. The van der Waals surface area contributed by atoms with Crippen molar-refractivity contribution in [3.63, 3.8) is 0 Å². The van der Waals surface area contributed by atoms with Gasteiger partial charge in [0.1, 0.15) is 5.94 Å². The summed E-state index contributed by atoms with van der Waals surface area (Å²) in [6.07, 6.45) is 3.54. The number of rotatable bonds is 5. The second-order valence-corrected chi connectivity index (χ2v) is 1.54. The van der Waals surface area contributed by atoms with E-state index >= 15 is 0 Å². The summed E-state index contributed by atoms with van der Waals surface area (Å²) in [7, 11) is 0. The minimum Gasteiger partial charge on any atom is -0.359 e. The van der Waals surface area contributed by atoms with Crippen LogP contribution in [-0.2, 0) is 9.59 Å². The Bertz CT molecular complexity index is 116. The van der Waals surface area contributed by atoms with Crippen molar-refractivity contribution in [1.82, 2.24) is 5.32 Å². The van der Waals surface area contributed by atoms with Crippen molar-refractivity contribution in [2.24, 2.45) is 0 Å². The summed E-state index contributed by atoms with van der Waals surface area (Å²) in [5, 5.41) is 2.48. The van der Waals surface area contributed by atoms with E-state index in [-0.39, 0.29) is 0 Å². The number of allylic oxidation sites excluding steroid dienone is 1. The second kappa shape index (κ2) is 6.92. The van der Waals surface area contributed by atoms with Crippen LogP contribution >= 0.6 is 0 Å². The van der Waals surface area contributed by atoms with Crippen LogP contribution in [0.1, 0.15) is 12.8 Å². The molecule has 0 fully saturated rings. The van der Waals surface area contributed by atoms with Gasteiger partial charge in [0, 0.05) is 6.54 Å². The van der Waals surface area contributed by atoms with Crippen LogP contribution < -0.4 is 5.32 Å². The first-order valence-corrected chi connectivity index (χ1v) is 2.78. The molecule has 50 valence electrons.